The monoisotopic (exact) mass is 285 g/mol. The molecule has 0 radical (unpaired) electrons. The summed E-state index contributed by atoms with van der Waals surface area (Å²) in [5.41, 5.74) is 4.09. The lowest BCUT2D eigenvalue weighted by molar-refractivity contribution is -0.136. The zero-order valence-corrected chi connectivity index (χ0v) is 10.3. The van der Waals surface area contributed by atoms with Gasteiger partial charge in [0.05, 0.1) is 11.3 Å². The molecule has 0 aliphatic carbocycles. The van der Waals surface area contributed by atoms with Gasteiger partial charge in [0.15, 0.2) is 0 Å². The molecule has 1 amide bonds. The average molecular weight is 285 g/mol. The number of oxazole rings is 1. The summed E-state index contributed by atoms with van der Waals surface area (Å²) in [6.07, 6.45) is -3.32. The van der Waals surface area contributed by atoms with Gasteiger partial charge < -0.3 is 10.2 Å². The fraction of sp³-hybridized carbons (Fsp3) is 0.167. The van der Waals surface area contributed by atoms with E-state index in [1.807, 2.05) is 0 Å². The van der Waals surface area contributed by atoms with Crippen LogP contribution in [0, 0.1) is 6.92 Å². The molecule has 0 aliphatic rings. The highest BCUT2D eigenvalue weighted by molar-refractivity contribution is 6.03. The molecule has 8 heteroatoms. The van der Waals surface area contributed by atoms with Gasteiger partial charge in [-0.1, -0.05) is 0 Å². The van der Waals surface area contributed by atoms with E-state index in [-0.39, 0.29) is 11.6 Å². The van der Waals surface area contributed by atoms with Gasteiger partial charge in [0.2, 0.25) is 0 Å². The zero-order valence-electron chi connectivity index (χ0n) is 10.3. The molecule has 0 fully saturated rings. The summed E-state index contributed by atoms with van der Waals surface area (Å²) in [5.74, 6) is -0.766. The van der Waals surface area contributed by atoms with Crippen LogP contribution in [0.15, 0.2) is 28.9 Å². The predicted molar refractivity (Wildman–Crippen MR) is 65.0 cm³/mol. The summed E-state index contributed by atoms with van der Waals surface area (Å²) in [4.78, 5) is 15.6. The van der Waals surface area contributed by atoms with Gasteiger partial charge in [0, 0.05) is 11.3 Å². The maximum Gasteiger partial charge on any atom is 0.418 e. The highest BCUT2D eigenvalue weighted by atomic mass is 19.4. The van der Waals surface area contributed by atoms with E-state index in [1.54, 1.807) is 6.92 Å². The summed E-state index contributed by atoms with van der Waals surface area (Å²) >= 11 is 0. The number of nitrogen functional groups attached to an aromatic ring is 1. The number of aryl methyl sites for hydroxylation is 1. The molecule has 0 bridgehead atoms. The minimum absolute atomic E-state index is 0.0853. The molecule has 20 heavy (non-hydrogen) atoms. The number of aromatic nitrogens is 1. The number of rotatable bonds is 2. The SMILES string of the molecule is Cc1coc(NC(=O)c2ccc(N)c(C(F)(F)F)c2)n1. The van der Waals surface area contributed by atoms with Crippen LogP contribution in [0.1, 0.15) is 21.6 Å². The molecule has 3 N–H and O–H groups in total. The fourth-order valence-corrected chi connectivity index (χ4v) is 1.52. The number of nitrogens with one attached hydrogen (secondary N) is 1. The molecular weight excluding hydrogens is 275 g/mol. The minimum Gasteiger partial charge on any atom is -0.432 e. The molecule has 0 atom stereocenters. The van der Waals surface area contributed by atoms with Crippen molar-refractivity contribution in [3.8, 4) is 0 Å². The molecular formula is C12H10F3N3O2. The van der Waals surface area contributed by atoms with Crippen molar-refractivity contribution in [1.82, 2.24) is 4.98 Å². The highest BCUT2D eigenvalue weighted by Gasteiger charge is 2.33. The van der Waals surface area contributed by atoms with E-state index in [2.05, 4.69) is 10.3 Å². The Bertz CT molecular complexity index is 650. The molecule has 106 valence electrons. The normalized spacial score (nSPS) is 11.4. The predicted octanol–water partition coefficient (Wildman–Crippen LogP) is 2.84. The third-order valence-electron chi connectivity index (χ3n) is 2.46. The second-order valence-corrected chi connectivity index (χ2v) is 4.05. The lowest BCUT2D eigenvalue weighted by Gasteiger charge is -2.11. The average Bonchev–Trinajstić information content (AvgIpc) is 2.73. The van der Waals surface area contributed by atoms with Gasteiger partial charge in [0.25, 0.3) is 5.91 Å². The van der Waals surface area contributed by atoms with Crippen LogP contribution < -0.4 is 11.1 Å². The Kier molecular flexibility index (Phi) is 3.39. The summed E-state index contributed by atoms with van der Waals surface area (Å²) < 4.78 is 42.9. The topological polar surface area (TPSA) is 81.2 Å². The van der Waals surface area contributed by atoms with Crippen molar-refractivity contribution < 1.29 is 22.4 Å². The van der Waals surface area contributed by atoms with Crippen LogP contribution in [-0.2, 0) is 6.18 Å². The number of amides is 1. The smallest absolute Gasteiger partial charge is 0.418 e. The number of carbonyl (C=O) groups is 1. The van der Waals surface area contributed by atoms with Crippen LogP contribution >= 0.6 is 0 Å². The van der Waals surface area contributed by atoms with E-state index in [0.29, 0.717) is 11.8 Å². The number of carbonyl (C=O) groups excluding carboxylic acids is 1. The van der Waals surface area contributed by atoms with Crippen LogP contribution in [-0.4, -0.2) is 10.9 Å². The molecule has 1 heterocycles. The molecule has 1 aromatic carbocycles. The standard InChI is InChI=1S/C12H10F3N3O2/c1-6-5-20-11(17-6)18-10(19)7-2-3-9(16)8(4-7)12(13,14)15/h2-5H,16H2,1H3,(H,17,18,19). The van der Waals surface area contributed by atoms with E-state index in [1.165, 1.54) is 12.3 Å². The Morgan fingerprint density at radius 1 is 1.40 bits per heavy atom. The Morgan fingerprint density at radius 2 is 2.10 bits per heavy atom. The number of hydrogen-bond donors (Lipinski definition) is 2. The first kappa shape index (κ1) is 13.9. The third kappa shape index (κ3) is 2.90. The zero-order chi connectivity index (χ0) is 14.9. The van der Waals surface area contributed by atoms with Crippen molar-refractivity contribution in [3.05, 3.63) is 41.3 Å². The molecule has 5 nitrogen and oxygen atoms in total. The first-order chi connectivity index (χ1) is 9.27. The Morgan fingerprint density at radius 3 is 2.65 bits per heavy atom. The second kappa shape index (κ2) is 4.87. The number of benzene rings is 1. The lowest BCUT2D eigenvalue weighted by Crippen LogP contribution is -2.15. The van der Waals surface area contributed by atoms with Crippen LogP contribution in [0.3, 0.4) is 0 Å². The van der Waals surface area contributed by atoms with Gasteiger partial charge in [0.1, 0.15) is 6.26 Å². The van der Waals surface area contributed by atoms with Crippen LogP contribution in [0.5, 0.6) is 0 Å². The van der Waals surface area contributed by atoms with Crippen molar-refractivity contribution in [3.63, 3.8) is 0 Å². The van der Waals surface area contributed by atoms with Gasteiger partial charge in [-0.2, -0.15) is 18.2 Å². The van der Waals surface area contributed by atoms with E-state index < -0.39 is 23.3 Å². The Labute approximate surface area is 111 Å². The Hall–Kier alpha value is -2.51. The molecule has 2 rings (SSSR count). The summed E-state index contributed by atoms with van der Waals surface area (Å²) in [6, 6.07) is 2.81. The molecule has 0 saturated heterocycles. The van der Waals surface area contributed by atoms with Gasteiger partial charge in [-0.05, 0) is 25.1 Å². The van der Waals surface area contributed by atoms with E-state index >= 15 is 0 Å². The van der Waals surface area contributed by atoms with Gasteiger partial charge in [-0.25, -0.2) is 0 Å². The number of hydrogen-bond acceptors (Lipinski definition) is 4. The first-order valence-corrected chi connectivity index (χ1v) is 5.47. The maximum absolute atomic E-state index is 12.7. The maximum atomic E-state index is 12.7. The largest absolute Gasteiger partial charge is 0.432 e. The van der Waals surface area contributed by atoms with E-state index in [0.717, 1.165) is 6.07 Å². The van der Waals surface area contributed by atoms with Gasteiger partial charge >= 0.3 is 12.2 Å². The van der Waals surface area contributed by atoms with E-state index in [9.17, 15) is 18.0 Å². The van der Waals surface area contributed by atoms with Crippen molar-refractivity contribution in [2.24, 2.45) is 0 Å². The number of nitrogens with zero attached hydrogens (tertiary/aromatic N) is 1. The number of halogens is 3. The quantitative estimate of drug-likeness (QED) is 0.831. The minimum atomic E-state index is -4.63. The number of alkyl halides is 3. The molecule has 0 unspecified atom stereocenters. The van der Waals surface area contributed by atoms with Crippen LogP contribution in [0.25, 0.3) is 0 Å². The Balaban J connectivity index is 2.27. The fourth-order valence-electron chi connectivity index (χ4n) is 1.52. The lowest BCUT2D eigenvalue weighted by atomic mass is 10.1. The van der Waals surface area contributed by atoms with Crippen molar-refractivity contribution in [2.75, 3.05) is 11.1 Å². The van der Waals surface area contributed by atoms with E-state index in [4.69, 9.17) is 10.2 Å². The van der Waals surface area contributed by atoms with Crippen molar-refractivity contribution in [2.45, 2.75) is 13.1 Å². The summed E-state index contributed by atoms with van der Waals surface area (Å²) in [6.45, 7) is 1.64. The molecule has 0 saturated carbocycles. The van der Waals surface area contributed by atoms with Gasteiger partial charge in [-0.3, -0.25) is 10.1 Å². The first-order valence-electron chi connectivity index (χ1n) is 5.47. The molecule has 1 aromatic heterocycles. The number of anilines is 2. The van der Waals surface area contributed by atoms with Crippen molar-refractivity contribution in [1.29, 1.82) is 0 Å². The third-order valence-corrected chi connectivity index (χ3v) is 2.46. The summed E-state index contributed by atoms with van der Waals surface area (Å²) in [7, 11) is 0. The second-order valence-electron chi connectivity index (χ2n) is 4.05. The molecule has 0 spiro atoms. The van der Waals surface area contributed by atoms with Crippen LogP contribution in [0.4, 0.5) is 24.9 Å². The van der Waals surface area contributed by atoms with Crippen molar-refractivity contribution >= 4 is 17.6 Å². The number of nitrogens with two attached hydrogens (primary N) is 1. The van der Waals surface area contributed by atoms with Gasteiger partial charge in [-0.15, -0.1) is 0 Å². The summed E-state index contributed by atoms with van der Waals surface area (Å²) in [5, 5.41) is 2.25. The highest BCUT2D eigenvalue weighted by Crippen LogP contribution is 2.34. The van der Waals surface area contributed by atoms with Crippen LogP contribution in [0.2, 0.25) is 0 Å². The molecule has 2 aromatic rings. The molecule has 0 aliphatic heterocycles.